The predicted molar refractivity (Wildman–Crippen MR) is 107 cm³/mol. The smallest absolute Gasteiger partial charge is 0.224 e. The zero-order chi connectivity index (χ0) is 21.0. The Morgan fingerprint density at radius 1 is 1.25 bits per heavy atom. The van der Waals surface area contributed by atoms with E-state index in [0.29, 0.717) is 12.1 Å². The highest BCUT2D eigenvalue weighted by molar-refractivity contribution is 7.50. The molecule has 2 rings (SSSR count). The van der Waals surface area contributed by atoms with Crippen LogP contribution >= 0.6 is 7.60 Å². The minimum Gasteiger partial charge on any atom is -0.776 e. The summed E-state index contributed by atoms with van der Waals surface area (Å²) in [5.41, 5.74) is 4.29. The molecule has 2 unspecified atom stereocenters. The summed E-state index contributed by atoms with van der Waals surface area (Å²) in [7, 11) is -5.05. The van der Waals surface area contributed by atoms with Crippen molar-refractivity contribution in [2.75, 3.05) is 5.32 Å². The fourth-order valence-electron chi connectivity index (χ4n) is 3.04. The van der Waals surface area contributed by atoms with Crippen LogP contribution in [0.3, 0.4) is 0 Å². The van der Waals surface area contributed by atoms with Gasteiger partial charge in [0.25, 0.3) is 0 Å². The van der Waals surface area contributed by atoms with E-state index < -0.39 is 13.5 Å². The van der Waals surface area contributed by atoms with Gasteiger partial charge in [-0.1, -0.05) is 44.7 Å². The molecular formula is C20H34FN2O4P. The molecule has 0 saturated heterocycles. The molecule has 1 saturated carbocycles. The SMILES string of the molecule is CCCCCCC(=O)Nc1ccc(C(F)P(=O)([O-])O)cc1.[NH3+]C1CCCCC1. The molecule has 1 aromatic carbocycles. The van der Waals surface area contributed by atoms with Crippen molar-refractivity contribution in [1.29, 1.82) is 0 Å². The second-order valence-corrected chi connectivity index (χ2v) is 8.97. The van der Waals surface area contributed by atoms with Gasteiger partial charge in [-0.05, 0) is 49.8 Å². The first-order valence-electron chi connectivity index (χ1n) is 10.1. The normalized spacial score (nSPS) is 17.8. The Labute approximate surface area is 167 Å². The third-order valence-corrected chi connectivity index (χ3v) is 5.61. The van der Waals surface area contributed by atoms with E-state index in [-0.39, 0.29) is 11.5 Å². The minimum absolute atomic E-state index is 0.132. The third-order valence-electron chi connectivity index (χ3n) is 4.74. The summed E-state index contributed by atoms with van der Waals surface area (Å²) in [6, 6.07) is 6.04. The molecule has 0 heterocycles. The van der Waals surface area contributed by atoms with Gasteiger partial charge in [0.2, 0.25) is 5.91 Å². The lowest BCUT2D eigenvalue weighted by Crippen LogP contribution is -2.61. The Morgan fingerprint density at radius 3 is 2.32 bits per heavy atom. The van der Waals surface area contributed by atoms with Crippen molar-refractivity contribution in [2.45, 2.75) is 83.1 Å². The van der Waals surface area contributed by atoms with Crippen molar-refractivity contribution in [3.63, 3.8) is 0 Å². The number of quaternary nitrogens is 1. The molecule has 8 heteroatoms. The van der Waals surface area contributed by atoms with Gasteiger partial charge in [0.15, 0.2) is 13.5 Å². The van der Waals surface area contributed by atoms with Crippen LogP contribution in [0.2, 0.25) is 0 Å². The van der Waals surface area contributed by atoms with Gasteiger partial charge < -0.3 is 25.4 Å². The first kappa shape index (κ1) is 24.8. The second-order valence-electron chi connectivity index (χ2n) is 7.38. The fraction of sp³-hybridized carbons (Fsp3) is 0.650. The first-order chi connectivity index (χ1) is 13.2. The van der Waals surface area contributed by atoms with E-state index in [4.69, 9.17) is 4.89 Å². The first-order valence-corrected chi connectivity index (χ1v) is 11.8. The molecular weight excluding hydrogens is 382 g/mol. The van der Waals surface area contributed by atoms with E-state index >= 15 is 0 Å². The van der Waals surface area contributed by atoms with Crippen LogP contribution in [0.1, 0.15) is 82.6 Å². The molecule has 1 aliphatic carbocycles. The minimum atomic E-state index is -5.05. The van der Waals surface area contributed by atoms with Crippen molar-refractivity contribution in [3.8, 4) is 0 Å². The lowest BCUT2D eigenvalue weighted by molar-refractivity contribution is -0.425. The number of nitrogens with one attached hydrogen (secondary N) is 1. The molecule has 0 spiro atoms. The summed E-state index contributed by atoms with van der Waals surface area (Å²) in [5, 5.41) is 2.65. The maximum Gasteiger partial charge on any atom is 0.224 e. The molecule has 1 amide bonds. The molecule has 1 aliphatic rings. The average molecular weight is 416 g/mol. The number of amides is 1. The van der Waals surface area contributed by atoms with Gasteiger partial charge in [0.05, 0.1) is 6.04 Å². The maximum atomic E-state index is 13.4. The number of benzene rings is 1. The molecule has 0 aliphatic heterocycles. The summed E-state index contributed by atoms with van der Waals surface area (Å²) in [6.07, 6.45) is 11.5. The van der Waals surface area contributed by atoms with Crippen molar-refractivity contribution in [2.24, 2.45) is 0 Å². The van der Waals surface area contributed by atoms with Crippen LogP contribution in [0.4, 0.5) is 10.1 Å². The highest BCUT2D eigenvalue weighted by Crippen LogP contribution is 2.48. The molecule has 2 atom stereocenters. The van der Waals surface area contributed by atoms with Gasteiger partial charge >= 0.3 is 0 Å². The monoisotopic (exact) mass is 416 g/mol. The molecule has 0 radical (unpaired) electrons. The highest BCUT2D eigenvalue weighted by atomic mass is 31.2. The number of anilines is 1. The Balaban J connectivity index is 0.000000467. The standard InChI is InChI=1S/C14H21FNO4P.C6H13N/c1-2-3-4-5-6-13(17)16-12-9-7-11(8-10-12)14(15)21(18,19)20;7-6-4-2-1-3-5-6/h7-10,14H,2-6H2,1H3,(H,16,17)(H2,18,19,20);6H,1-5,7H2. The Hall–Kier alpha value is -1.27. The van der Waals surface area contributed by atoms with Gasteiger partial charge in [-0.25, -0.2) is 4.39 Å². The second kappa shape index (κ2) is 13.0. The quantitative estimate of drug-likeness (QED) is 0.443. The number of carbonyl (C=O) groups excluding carboxylic acids is 1. The summed E-state index contributed by atoms with van der Waals surface area (Å²) in [4.78, 5) is 31.0. The molecule has 160 valence electrons. The highest BCUT2D eigenvalue weighted by Gasteiger charge is 2.21. The Kier molecular flexibility index (Phi) is 11.5. The van der Waals surface area contributed by atoms with Crippen LogP contribution in [0.5, 0.6) is 0 Å². The molecule has 1 fully saturated rings. The number of alkyl halides is 1. The molecule has 28 heavy (non-hydrogen) atoms. The van der Waals surface area contributed by atoms with Crippen LogP contribution in [0.25, 0.3) is 0 Å². The van der Waals surface area contributed by atoms with Crippen LogP contribution in [-0.2, 0) is 9.36 Å². The van der Waals surface area contributed by atoms with E-state index in [1.807, 2.05) is 0 Å². The molecule has 6 nitrogen and oxygen atoms in total. The summed E-state index contributed by atoms with van der Waals surface area (Å²) in [6.45, 7) is 2.09. The zero-order valence-electron chi connectivity index (χ0n) is 16.7. The van der Waals surface area contributed by atoms with Crippen molar-refractivity contribution >= 4 is 19.2 Å². The number of hydrogen-bond acceptors (Lipinski definition) is 3. The summed E-state index contributed by atoms with van der Waals surface area (Å²) < 4.78 is 24.1. The Bertz CT molecular complexity index is 615. The maximum absolute atomic E-state index is 13.4. The van der Waals surface area contributed by atoms with Crippen LogP contribution in [0.15, 0.2) is 24.3 Å². The average Bonchev–Trinajstić information content (AvgIpc) is 2.66. The largest absolute Gasteiger partial charge is 0.776 e. The van der Waals surface area contributed by atoms with E-state index in [0.717, 1.165) is 31.7 Å². The van der Waals surface area contributed by atoms with Gasteiger partial charge in [0, 0.05) is 12.1 Å². The molecule has 0 bridgehead atoms. The van der Waals surface area contributed by atoms with Crippen molar-refractivity contribution < 1.29 is 29.3 Å². The lowest BCUT2D eigenvalue weighted by Gasteiger charge is -2.20. The summed E-state index contributed by atoms with van der Waals surface area (Å²) in [5.74, 6) is -2.58. The van der Waals surface area contributed by atoms with Gasteiger partial charge in [-0.2, -0.15) is 0 Å². The third kappa shape index (κ3) is 10.3. The van der Waals surface area contributed by atoms with E-state index in [2.05, 4.69) is 18.0 Å². The van der Waals surface area contributed by atoms with E-state index in [1.165, 1.54) is 56.4 Å². The van der Waals surface area contributed by atoms with Crippen LogP contribution in [-0.4, -0.2) is 16.8 Å². The summed E-state index contributed by atoms with van der Waals surface area (Å²) >= 11 is 0. The Morgan fingerprint density at radius 2 is 1.86 bits per heavy atom. The van der Waals surface area contributed by atoms with Crippen molar-refractivity contribution in [1.82, 2.24) is 0 Å². The number of carbonyl (C=O) groups is 1. The zero-order valence-corrected chi connectivity index (χ0v) is 17.6. The van der Waals surface area contributed by atoms with Crippen molar-refractivity contribution in [3.05, 3.63) is 29.8 Å². The molecule has 5 N–H and O–H groups in total. The van der Waals surface area contributed by atoms with E-state index in [1.54, 1.807) is 0 Å². The number of rotatable bonds is 8. The topological polar surface area (TPSA) is 117 Å². The van der Waals surface area contributed by atoms with E-state index in [9.17, 15) is 18.6 Å². The lowest BCUT2D eigenvalue weighted by atomic mass is 9.97. The van der Waals surface area contributed by atoms with Crippen LogP contribution < -0.4 is 15.9 Å². The van der Waals surface area contributed by atoms with Gasteiger partial charge in [-0.15, -0.1) is 0 Å². The van der Waals surface area contributed by atoms with Crippen LogP contribution in [0, 0.1) is 0 Å². The number of unbranched alkanes of at least 4 members (excludes halogenated alkanes) is 3. The molecule has 0 aromatic heterocycles. The predicted octanol–water partition coefficient (Wildman–Crippen LogP) is 3.67. The fourth-order valence-corrected chi connectivity index (χ4v) is 3.59. The van der Waals surface area contributed by atoms with Gasteiger partial charge in [-0.3, -0.25) is 4.79 Å². The van der Waals surface area contributed by atoms with Gasteiger partial charge in [0.1, 0.15) is 0 Å². The number of halogens is 1. The molecule has 1 aromatic rings. The number of hydrogen-bond donors (Lipinski definition) is 3.